The fourth-order valence-corrected chi connectivity index (χ4v) is 0.402. The fourth-order valence-electron chi connectivity index (χ4n) is 0.402. The van der Waals surface area contributed by atoms with Gasteiger partial charge in [-0.05, 0) is 6.42 Å². The van der Waals surface area contributed by atoms with Crippen molar-refractivity contribution in [2.24, 2.45) is 0 Å². The van der Waals surface area contributed by atoms with Crippen LogP contribution in [-0.2, 0) is 4.79 Å². The van der Waals surface area contributed by atoms with Crippen molar-refractivity contribution in [2.75, 3.05) is 0 Å². The van der Waals surface area contributed by atoms with E-state index in [1.807, 2.05) is 6.08 Å². The van der Waals surface area contributed by atoms with Crippen LogP contribution in [-0.4, -0.2) is 5.97 Å². The maximum Gasteiger partial charge on any atom is 1.00 e. The average molecular weight is 120 g/mol. The largest absolute Gasteiger partial charge is 1.00 e. The number of carbonyl (C=O) groups is 1. The summed E-state index contributed by atoms with van der Waals surface area (Å²) in [6, 6.07) is 0. The van der Waals surface area contributed by atoms with E-state index in [0.717, 1.165) is 12.0 Å². The second-order valence-corrected chi connectivity index (χ2v) is 1.62. The molecule has 0 amide bonds. The summed E-state index contributed by atoms with van der Waals surface area (Å²) in [5.74, 6) is -0.969. The SMILES string of the molecule is O=C([O-])CC1=CC1.[Na+]. The zero-order valence-corrected chi connectivity index (χ0v) is 6.81. The number of carbonyl (C=O) groups excluding carboxylic acids is 1. The second kappa shape index (κ2) is 3.28. The molecule has 0 spiro atoms. The summed E-state index contributed by atoms with van der Waals surface area (Å²) in [5, 5.41) is 9.70. The normalized spacial score (nSPS) is 13.8. The third-order valence-electron chi connectivity index (χ3n) is 0.864. The van der Waals surface area contributed by atoms with Gasteiger partial charge < -0.3 is 9.90 Å². The molecule has 0 aromatic rings. The monoisotopic (exact) mass is 120 g/mol. The zero-order valence-electron chi connectivity index (χ0n) is 4.81. The van der Waals surface area contributed by atoms with Gasteiger partial charge in [0.1, 0.15) is 0 Å². The Hall–Kier alpha value is 0.210. The number of rotatable bonds is 2. The molecule has 0 aromatic carbocycles. The van der Waals surface area contributed by atoms with Gasteiger partial charge in [0.2, 0.25) is 0 Å². The first-order valence-corrected chi connectivity index (χ1v) is 2.17. The third-order valence-corrected chi connectivity index (χ3v) is 0.864. The molecule has 0 bridgehead atoms. The quantitative estimate of drug-likeness (QED) is 0.280. The maximum absolute atomic E-state index is 9.70. The summed E-state index contributed by atoms with van der Waals surface area (Å²) in [6.45, 7) is 0. The number of allylic oxidation sites excluding steroid dienone is 1. The Labute approximate surface area is 69.9 Å². The molecular formula is C5H5NaO2. The van der Waals surface area contributed by atoms with Crippen molar-refractivity contribution in [1.82, 2.24) is 0 Å². The average Bonchev–Trinajstić information content (AvgIpc) is 2.17. The third kappa shape index (κ3) is 3.24. The fraction of sp³-hybridized carbons (Fsp3) is 0.400. The summed E-state index contributed by atoms with van der Waals surface area (Å²) in [4.78, 5) is 9.70. The van der Waals surface area contributed by atoms with E-state index < -0.39 is 5.97 Å². The van der Waals surface area contributed by atoms with E-state index in [-0.39, 0.29) is 36.0 Å². The number of hydrogen-bond acceptors (Lipinski definition) is 2. The molecule has 0 aromatic heterocycles. The first-order valence-electron chi connectivity index (χ1n) is 2.17. The molecule has 0 atom stereocenters. The molecule has 0 heterocycles. The Bertz CT molecular complexity index is 128. The van der Waals surface area contributed by atoms with Crippen molar-refractivity contribution in [3.63, 3.8) is 0 Å². The van der Waals surface area contributed by atoms with Crippen LogP contribution in [0, 0.1) is 0 Å². The van der Waals surface area contributed by atoms with Crippen LogP contribution in [0.4, 0.5) is 0 Å². The molecule has 1 aliphatic carbocycles. The minimum absolute atomic E-state index is 0. The van der Waals surface area contributed by atoms with E-state index in [2.05, 4.69) is 0 Å². The van der Waals surface area contributed by atoms with Gasteiger partial charge in [-0.2, -0.15) is 0 Å². The van der Waals surface area contributed by atoms with Crippen molar-refractivity contribution >= 4 is 5.97 Å². The molecule has 0 unspecified atom stereocenters. The van der Waals surface area contributed by atoms with Gasteiger partial charge in [0, 0.05) is 12.4 Å². The summed E-state index contributed by atoms with van der Waals surface area (Å²) in [5.41, 5.74) is 1.00. The molecule has 1 rings (SSSR count). The molecule has 0 saturated heterocycles. The molecule has 0 saturated carbocycles. The Kier molecular flexibility index (Phi) is 3.36. The van der Waals surface area contributed by atoms with Crippen molar-refractivity contribution in [2.45, 2.75) is 12.8 Å². The Morgan fingerprint density at radius 1 is 1.88 bits per heavy atom. The van der Waals surface area contributed by atoms with E-state index in [1.165, 1.54) is 0 Å². The van der Waals surface area contributed by atoms with Crippen LogP contribution >= 0.6 is 0 Å². The van der Waals surface area contributed by atoms with Crippen LogP contribution in [0.5, 0.6) is 0 Å². The zero-order chi connectivity index (χ0) is 5.28. The summed E-state index contributed by atoms with van der Waals surface area (Å²) >= 11 is 0. The molecule has 0 aliphatic heterocycles. The van der Waals surface area contributed by atoms with E-state index in [9.17, 15) is 9.90 Å². The van der Waals surface area contributed by atoms with Gasteiger partial charge >= 0.3 is 29.6 Å². The van der Waals surface area contributed by atoms with Gasteiger partial charge in [0.25, 0.3) is 0 Å². The second-order valence-electron chi connectivity index (χ2n) is 1.62. The summed E-state index contributed by atoms with van der Waals surface area (Å²) < 4.78 is 0. The first-order chi connectivity index (χ1) is 3.29. The van der Waals surface area contributed by atoms with Crippen LogP contribution in [0.25, 0.3) is 0 Å². The molecular weight excluding hydrogens is 115 g/mol. The van der Waals surface area contributed by atoms with Gasteiger partial charge in [-0.3, -0.25) is 0 Å². The van der Waals surface area contributed by atoms with Gasteiger partial charge in [-0.15, -0.1) is 0 Å². The number of carboxylic acids is 1. The van der Waals surface area contributed by atoms with E-state index in [1.54, 1.807) is 0 Å². The minimum atomic E-state index is -0.969. The van der Waals surface area contributed by atoms with Crippen LogP contribution in [0.3, 0.4) is 0 Å². The van der Waals surface area contributed by atoms with Crippen LogP contribution in [0.1, 0.15) is 12.8 Å². The van der Waals surface area contributed by atoms with Crippen molar-refractivity contribution in [1.29, 1.82) is 0 Å². The smallest absolute Gasteiger partial charge is 0.550 e. The molecule has 1 aliphatic rings. The molecule has 8 heavy (non-hydrogen) atoms. The van der Waals surface area contributed by atoms with E-state index >= 15 is 0 Å². The standard InChI is InChI=1S/C5H6O2.Na/c6-5(7)3-4-1-2-4;/h1H,2-3H2,(H,6,7);/q;+1/p-1. The van der Waals surface area contributed by atoms with Gasteiger partial charge in [0.15, 0.2) is 0 Å². The van der Waals surface area contributed by atoms with Gasteiger partial charge in [-0.1, -0.05) is 11.6 Å². The van der Waals surface area contributed by atoms with Crippen LogP contribution in [0.15, 0.2) is 11.6 Å². The summed E-state index contributed by atoms with van der Waals surface area (Å²) in [7, 11) is 0. The van der Waals surface area contributed by atoms with Crippen LogP contribution in [0.2, 0.25) is 0 Å². The Morgan fingerprint density at radius 3 is 2.50 bits per heavy atom. The van der Waals surface area contributed by atoms with Gasteiger partial charge in [0.05, 0.1) is 0 Å². The van der Waals surface area contributed by atoms with Crippen molar-refractivity contribution < 1.29 is 39.5 Å². The molecule has 0 N–H and O–H groups in total. The molecule has 0 radical (unpaired) electrons. The van der Waals surface area contributed by atoms with Crippen molar-refractivity contribution in [3.8, 4) is 0 Å². The molecule has 3 heteroatoms. The van der Waals surface area contributed by atoms with E-state index in [4.69, 9.17) is 0 Å². The minimum Gasteiger partial charge on any atom is -0.550 e. The van der Waals surface area contributed by atoms with Crippen LogP contribution < -0.4 is 34.7 Å². The first kappa shape index (κ1) is 8.21. The number of carboxylic acid groups (broad SMARTS) is 1. The topological polar surface area (TPSA) is 40.1 Å². The van der Waals surface area contributed by atoms with Gasteiger partial charge in [-0.25, -0.2) is 0 Å². The molecule has 38 valence electrons. The summed E-state index contributed by atoms with van der Waals surface area (Å²) in [6.07, 6.45) is 2.91. The Balaban J connectivity index is 0.000000490. The molecule has 2 nitrogen and oxygen atoms in total. The maximum atomic E-state index is 9.70. The predicted molar refractivity (Wildman–Crippen MR) is 22.3 cm³/mol. The Morgan fingerprint density at radius 2 is 2.38 bits per heavy atom. The number of hydrogen-bond donors (Lipinski definition) is 0. The predicted octanol–water partition coefficient (Wildman–Crippen LogP) is -3.54. The number of aliphatic carboxylic acids is 1. The van der Waals surface area contributed by atoms with Crippen molar-refractivity contribution in [3.05, 3.63) is 11.6 Å². The van der Waals surface area contributed by atoms with E-state index in [0.29, 0.717) is 0 Å². The molecule has 0 fully saturated rings.